The van der Waals surface area contributed by atoms with E-state index in [0.29, 0.717) is 0 Å². The number of nitrogens with two attached hydrogens (primary N) is 1. The van der Waals surface area contributed by atoms with Crippen LogP contribution in [0.5, 0.6) is 5.75 Å². The highest BCUT2D eigenvalue weighted by atomic mass is 19.4. The summed E-state index contributed by atoms with van der Waals surface area (Å²) in [5.74, 6) is -5.75. The van der Waals surface area contributed by atoms with Gasteiger partial charge in [0.05, 0.1) is 0 Å². The molecule has 0 fully saturated rings. The minimum absolute atomic E-state index is 0.177. The van der Waals surface area contributed by atoms with Crippen LogP contribution < -0.4 is 5.73 Å². The van der Waals surface area contributed by atoms with E-state index in [9.17, 15) is 27.1 Å². The van der Waals surface area contributed by atoms with Gasteiger partial charge in [-0.3, -0.25) is 0 Å². The monoisotopic (exact) mass is 255 g/mol. The lowest BCUT2D eigenvalue weighted by atomic mass is 9.98. The molecule has 0 amide bonds. The molecule has 1 aromatic rings. The van der Waals surface area contributed by atoms with E-state index >= 15 is 0 Å². The Hall–Kier alpha value is -1.37. The Morgan fingerprint density at radius 3 is 2.18 bits per heavy atom. The molecule has 0 heterocycles. The molecule has 1 aromatic carbocycles. The lowest BCUT2D eigenvalue weighted by Gasteiger charge is -2.26. The molecule has 0 unspecified atom stereocenters. The summed E-state index contributed by atoms with van der Waals surface area (Å²) in [7, 11) is 0. The Balaban J connectivity index is 3.22. The first kappa shape index (κ1) is 13.7. The van der Waals surface area contributed by atoms with E-state index in [1.54, 1.807) is 0 Å². The maximum Gasteiger partial charge on any atom is 0.455 e. The molecule has 0 aromatic heterocycles. The summed E-state index contributed by atoms with van der Waals surface area (Å²) < 4.78 is 62.2. The zero-order valence-electron chi connectivity index (χ0n) is 8.72. The van der Waals surface area contributed by atoms with Gasteiger partial charge in [0.25, 0.3) is 0 Å². The normalized spacial score (nSPS) is 14.8. The van der Waals surface area contributed by atoms with Crippen LogP contribution in [0.1, 0.15) is 17.2 Å². The minimum atomic E-state index is -5.76. The summed E-state index contributed by atoms with van der Waals surface area (Å²) in [5.41, 5.74) is 4.44. The summed E-state index contributed by atoms with van der Waals surface area (Å²) in [4.78, 5) is 0. The van der Waals surface area contributed by atoms with Crippen molar-refractivity contribution >= 4 is 0 Å². The lowest BCUT2D eigenvalue weighted by molar-refractivity contribution is -0.291. The van der Waals surface area contributed by atoms with Gasteiger partial charge < -0.3 is 10.8 Å². The van der Waals surface area contributed by atoms with E-state index in [1.807, 2.05) is 0 Å². The van der Waals surface area contributed by atoms with Gasteiger partial charge in [-0.2, -0.15) is 22.0 Å². The zero-order valence-corrected chi connectivity index (χ0v) is 8.72. The van der Waals surface area contributed by atoms with Crippen molar-refractivity contribution in [3.05, 3.63) is 29.3 Å². The Bertz CT molecular complexity index is 416. The molecule has 2 nitrogen and oxygen atoms in total. The smallest absolute Gasteiger partial charge is 0.455 e. The maximum absolute atomic E-state index is 13.0. The number of alkyl halides is 5. The molecule has 17 heavy (non-hydrogen) atoms. The van der Waals surface area contributed by atoms with Crippen molar-refractivity contribution in [1.29, 1.82) is 0 Å². The average molecular weight is 255 g/mol. The summed E-state index contributed by atoms with van der Waals surface area (Å²) in [6.07, 6.45) is -5.76. The number of phenolic OH excluding ortho intramolecular Hbond substituents is 1. The molecule has 0 aliphatic heterocycles. The molecule has 0 saturated carbocycles. The third-order valence-electron chi connectivity index (χ3n) is 2.37. The number of rotatable bonds is 2. The van der Waals surface area contributed by atoms with E-state index in [-0.39, 0.29) is 5.56 Å². The first-order chi connectivity index (χ1) is 7.59. The number of aryl methyl sites for hydroxylation is 1. The Labute approximate surface area is 93.9 Å². The topological polar surface area (TPSA) is 46.2 Å². The number of benzene rings is 1. The summed E-state index contributed by atoms with van der Waals surface area (Å²) >= 11 is 0. The largest absolute Gasteiger partial charge is 0.507 e. The number of halogens is 5. The van der Waals surface area contributed by atoms with Crippen molar-refractivity contribution in [3.63, 3.8) is 0 Å². The van der Waals surface area contributed by atoms with Crippen molar-refractivity contribution in [3.8, 4) is 5.75 Å². The number of hydrogen-bond acceptors (Lipinski definition) is 2. The maximum atomic E-state index is 13.0. The number of hydrogen-bond donors (Lipinski definition) is 2. The summed E-state index contributed by atoms with van der Waals surface area (Å²) in [5, 5.41) is 9.42. The van der Waals surface area contributed by atoms with Crippen LogP contribution >= 0.6 is 0 Å². The molecule has 96 valence electrons. The SMILES string of the molecule is Cc1cccc([C@H](N)C(F)(F)C(F)(F)F)c1O. The first-order valence-electron chi connectivity index (χ1n) is 4.57. The van der Waals surface area contributed by atoms with Crippen molar-refractivity contribution in [2.24, 2.45) is 5.73 Å². The van der Waals surface area contributed by atoms with E-state index in [1.165, 1.54) is 19.1 Å². The highest BCUT2D eigenvalue weighted by Gasteiger charge is 2.62. The molecule has 3 N–H and O–H groups in total. The lowest BCUT2D eigenvalue weighted by Crippen LogP contribution is -2.45. The van der Waals surface area contributed by atoms with Gasteiger partial charge in [-0.05, 0) is 12.5 Å². The standard InChI is InChI=1S/C10H10F5NO/c1-5-3-2-4-6(7(5)17)8(16)9(11,12)10(13,14)15/h2-4,8,17H,16H2,1H3/t8-/m0/s1. The van der Waals surface area contributed by atoms with Crippen molar-refractivity contribution in [2.45, 2.75) is 25.1 Å². The minimum Gasteiger partial charge on any atom is -0.507 e. The summed E-state index contributed by atoms with van der Waals surface area (Å²) in [6.45, 7) is 1.37. The number of phenols is 1. The first-order valence-corrected chi connectivity index (χ1v) is 4.57. The highest BCUT2D eigenvalue weighted by Crippen LogP contribution is 2.45. The van der Waals surface area contributed by atoms with Gasteiger partial charge >= 0.3 is 12.1 Å². The van der Waals surface area contributed by atoms with Gasteiger partial charge in [0.1, 0.15) is 11.8 Å². The van der Waals surface area contributed by atoms with Crippen LogP contribution in [-0.4, -0.2) is 17.2 Å². The molecule has 0 bridgehead atoms. The fourth-order valence-electron chi connectivity index (χ4n) is 1.30. The van der Waals surface area contributed by atoms with E-state index < -0.39 is 29.5 Å². The van der Waals surface area contributed by atoms with E-state index in [0.717, 1.165) is 6.07 Å². The van der Waals surface area contributed by atoms with Gasteiger partial charge in [-0.15, -0.1) is 0 Å². The second-order valence-electron chi connectivity index (χ2n) is 3.61. The molecular formula is C10H10F5NO. The molecule has 1 atom stereocenters. The second-order valence-corrected chi connectivity index (χ2v) is 3.61. The third kappa shape index (κ3) is 2.33. The summed E-state index contributed by atoms with van der Waals surface area (Å²) in [6, 6.07) is 0.920. The van der Waals surface area contributed by atoms with Crippen LogP contribution in [0.25, 0.3) is 0 Å². The zero-order chi connectivity index (χ0) is 13.4. The fraction of sp³-hybridized carbons (Fsp3) is 0.400. The molecule has 0 aliphatic rings. The quantitative estimate of drug-likeness (QED) is 0.798. The molecular weight excluding hydrogens is 245 g/mol. The second kappa shape index (κ2) is 4.14. The van der Waals surface area contributed by atoms with Gasteiger partial charge in [0.15, 0.2) is 0 Å². The van der Waals surface area contributed by atoms with Gasteiger partial charge in [0.2, 0.25) is 0 Å². The van der Waals surface area contributed by atoms with Crippen LogP contribution in [0.3, 0.4) is 0 Å². The van der Waals surface area contributed by atoms with Crippen LogP contribution in [0, 0.1) is 6.92 Å². The fourth-order valence-corrected chi connectivity index (χ4v) is 1.30. The third-order valence-corrected chi connectivity index (χ3v) is 2.37. The molecule has 0 saturated heterocycles. The Morgan fingerprint density at radius 1 is 1.18 bits per heavy atom. The van der Waals surface area contributed by atoms with Crippen molar-refractivity contribution < 1.29 is 27.1 Å². The van der Waals surface area contributed by atoms with E-state index in [2.05, 4.69) is 0 Å². The van der Waals surface area contributed by atoms with Gasteiger partial charge in [-0.25, -0.2) is 0 Å². The highest BCUT2D eigenvalue weighted by molar-refractivity contribution is 5.42. The van der Waals surface area contributed by atoms with Gasteiger partial charge in [0, 0.05) is 5.56 Å². The molecule has 1 rings (SSSR count). The average Bonchev–Trinajstić information content (AvgIpc) is 2.19. The number of para-hydroxylation sites is 1. The number of aromatic hydroxyl groups is 1. The van der Waals surface area contributed by atoms with E-state index in [4.69, 9.17) is 5.73 Å². The Morgan fingerprint density at radius 2 is 1.71 bits per heavy atom. The van der Waals surface area contributed by atoms with Crippen molar-refractivity contribution in [1.82, 2.24) is 0 Å². The van der Waals surface area contributed by atoms with Crippen molar-refractivity contribution in [2.75, 3.05) is 0 Å². The van der Waals surface area contributed by atoms with Crippen LogP contribution in [-0.2, 0) is 0 Å². The predicted molar refractivity (Wildman–Crippen MR) is 50.8 cm³/mol. The van der Waals surface area contributed by atoms with Crippen LogP contribution in [0.2, 0.25) is 0 Å². The van der Waals surface area contributed by atoms with Crippen LogP contribution in [0.15, 0.2) is 18.2 Å². The van der Waals surface area contributed by atoms with Crippen LogP contribution in [0.4, 0.5) is 22.0 Å². The Kier molecular flexibility index (Phi) is 3.33. The van der Waals surface area contributed by atoms with Gasteiger partial charge in [-0.1, -0.05) is 18.2 Å². The molecule has 0 spiro atoms. The molecule has 0 aliphatic carbocycles. The molecule has 0 radical (unpaired) electrons. The molecule has 7 heteroatoms. The predicted octanol–water partition coefficient (Wildman–Crippen LogP) is 2.90.